The third-order valence-electron chi connectivity index (χ3n) is 2.81. The first-order valence-corrected chi connectivity index (χ1v) is 5.77. The van der Waals surface area contributed by atoms with Crippen LogP contribution in [0.2, 0.25) is 0 Å². The molecule has 0 bridgehead atoms. The molecule has 0 aliphatic carbocycles. The molecular weight excluding hydrogens is 259 g/mol. The van der Waals surface area contributed by atoms with E-state index in [-0.39, 0.29) is 6.42 Å². The van der Waals surface area contributed by atoms with Crippen molar-refractivity contribution in [3.8, 4) is 0 Å². The predicted octanol–water partition coefficient (Wildman–Crippen LogP) is 1.89. The van der Waals surface area contributed by atoms with Crippen molar-refractivity contribution in [2.24, 2.45) is 0 Å². The van der Waals surface area contributed by atoms with Gasteiger partial charge < -0.3 is 10.4 Å². The minimum Gasteiger partial charge on any atom is -0.382 e. The van der Waals surface area contributed by atoms with Crippen LogP contribution in [0.3, 0.4) is 0 Å². The van der Waals surface area contributed by atoms with Crippen molar-refractivity contribution in [1.82, 2.24) is 5.32 Å². The minimum absolute atomic E-state index is 0.00824. The number of aliphatic hydroxyl groups excluding tert-OH is 1. The van der Waals surface area contributed by atoms with Crippen molar-refractivity contribution >= 4 is 5.91 Å². The summed E-state index contributed by atoms with van der Waals surface area (Å²) in [5.74, 6) is -0.549. The molecule has 0 fully saturated rings. The van der Waals surface area contributed by atoms with Crippen LogP contribution in [0.4, 0.5) is 13.2 Å². The van der Waals surface area contributed by atoms with Gasteiger partial charge in [0.15, 0.2) is 6.10 Å². The van der Waals surface area contributed by atoms with Gasteiger partial charge in [-0.25, -0.2) is 0 Å². The number of halogens is 3. The van der Waals surface area contributed by atoms with E-state index in [0.29, 0.717) is 0 Å². The largest absolute Gasteiger partial charge is 0.416 e. The molecule has 0 saturated carbocycles. The molecule has 1 amide bonds. The molecule has 0 heterocycles. The van der Waals surface area contributed by atoms with Gasteiger partial charge in [-0.1, -0.05) is 18.2 Å². The highest BCUT2D eigenvalue weighted by Gasteiger charge is 2.38. The Labute approximate surface area is 109 Å². The maximum absolute atomic E-state index is 12.0. The van der Waals surface area contributed by atoms with Crippen LogP contribution >= 0.6 is 0 Å². The molecule has 0 spiro atoms. The number of carbonyl (C=O) groups is 1. The highest BCUT2D eigenvalue weighted by atomic mass is 19.4. The topological polar surface area (TPSA) is 49.3 Å². The Morgan fingerprint density at radius 3 is 2.47 bits per heavy atom. The van der Waals surface area contributed by atoms with E-state index < -0.39 is 24.7 Å². The lowest BCUT2D eigenvalue weighted by molar-refractivity contribution is -0.201. The second-order valence-corrected chi connectivity index (χ2v) is 4.46. The summed E-state index contributed by atoms with van der Waals surface area (Å²) in [7, 11) is 0. The van der Waals surface area contributed by atoms with Crippen molar-refractivity contribution < 1.29 is 23.1 Å². The first-order valence-electron chi connectivity index (χ1n) is 5.77. The van der Waals surface area contributed by atoms with Gasteiger partial charge >= 0.3 is 6.18 Å². The summed E-state index contributed by atoms with van der Waals surface area (Å²) >= 11 is 0. The molecule has 1 atom stereocenters. The van der Waals surface area contributed by atoms with Gasteiger partial charge in [-0.3, -0.25) is 4.79 Å². The van der Waals surface area contributed by atoms with Crippen LogP contribution in [0.25, 0.3) is 0 Å². The van der Waals surface area contributed by atoms with Crippen LogP contribution in [0.5, 0.6) is 0 Å². The molecule has 19 heavy (non-hydrogen) atoms. The van der Waals surface area contributed by atoms with Gasteiger partial charge in [0.25, 0.3) is 0 Å². The van der Waals surface area contributed by atoms with Crippen LogP contribution in [0, 0.1) is 13.8 Å². The van der Waals surface area contributed by atoms with Gasteiger partial charge in [0, 0.05) is 0 Å². The van der Waals surface area contributed by atoms with E-state index in [1.807, 2.05) is 26.0 Å². The molecule has 0 radical (unpaired) electrons. The normalized spacial score (nSPS) is 13.2. The average Bonchev–Trinajstić information content (AvgIpc) is 2.29. The molecule has 1 aromatic carbocycles. The minimum atomic E-state index is -4.71. The summed E-state index contributed by atoms with van der Waals surface area (Å²) < 4.78 is 36.1. The van der Waals surface area contributed by atoms with Crippen molar-refractivity contribution in [2.45, 2.75) is 32.5 Å². The number of benzene rings is 1. The van der Waals surface area contributed by atoms with Gasteiger partial charge in [0.1, 0.15) is 0 Å². The average molecular weight is 275 g/mol. The summed E-state index contributed by atoms with van der Waals surface area (Å²) in [6.45, 7) is 3.00. The fraction of sp³-hybridized carbons (Fsp3) is 0.462. The molecule has 6 heteroatoms. The number of nitrogens with one attached hydrogen (secondary N) is 1. The summed E-state index contributed by atoms with van der Waals surface area (Å²) in [5.41, 5.74) is 2.82. The zero-order chi connectivity index (χ0) is 14.6. The Balaban J connectivity index is 2.49. The second-order valence-electron chi connectivity index (χ2n) is 4.46. The highest BCUT2D eigenvalue weighted by Crippen LogP contribution is 2.19. The van der Waals surface area contributed by atoms with E-state index in [1.165, 1.54) is 0 Å². The zero-order valence-electron chi connectivity index (χ0n) is 10.7. The lowest BCUT2D eigenvalue weighted by atomic mass is 10.0. The van der Waals surface area contributed by atoms with E-state index in [1.54, 1.807) is 6.07 Å². The third-order valence-corrected chi connectivity index (χ3v) is 2.81. The summed E-state index contributed by atoms with van der Waals surface area (Å²) in [6.07, 6.45) is -7.25. The molecule has 106 valence electrons. The van der Waals surface area contributed by atoms with Gasteiger partial charge in [-0.15, -0.1) is 0 Å². The molecule has 0 saturated heterocycles. The summed E-state index contributed by atoms with van der Waals surface area (Å²) in [4.78, 5) is 11.5. The molecule has 3 nitrogen and oxygen atoms in total. The monoisotopic (exact) mass is 275 g/mol. The molecular formula is C13H16F3NO2. The molecule has 0 aliphatic rings. The Bertz CT molecular complexity index is 458. The van der Waals surface area contributed by atoms with Gasteiger partial charge in [0.05, 0.1) is 13.0 Å². The van der Waals surface area contributed by atoms with Crippen molar-refractivity contribution in [1.29, 1.82) is 0 Å². The van der Waals surface area contributed by atoms with Crippen LogP contribution in [0.1, 0.15) is 16.7 Å². The Morgan fingerprint density at radius 1 is 1.32 bits per heavy atom. The quantitative estimate of drug-likeness (QED) is 0.881. The number of hydrogen-bond donors (Lipinski definition) is 2. The third kappa shape index (κ3) is 4.90. The van der Waals surface area contributed by atoms with E-state index in [0.717, 1.165) is 16.7 Å². The number of alkyl halides is 3. The molecule has 0 aliphatic heterocycles. The zero-order valence-corrected chi connectivity index (χ0v) is 10.7. The predicted molar refractivity (Wildman–Crippen MR) is 64.7 cm³/mol. The number of aliphatic hydroxyl groups is 1. The van der Waals surface area contributed by atoms with Gasteiger partial charge in [-0.05, 0) is 30.5 Å². The fourth-order valence-corrected chi connectivity index (χ4v) is 1.49. The second kappa shape index (κ2) is 6.06. The van der Waals surface area contributed by atoms with Crippen LogP contribution < -0.4 is 5.32 Å². The molecule has 2 N–H and O–H groups in total. The van der Waals surface area contributed by atoms with E-state index >= 15 is 0 Å². The van der Waals surface area contributed by atoms with Gasteiger partial charge in [0.2, 0.25) is 5.91 Å². The smallest absolute Gasteiger partial charge is 0.382 e. The number of rotatable bonds is 4. The standard InChI is InChI=1S/C13H16F3NO2/c1-8-3-4-10(5-9(8)2)6-12(19)17-7-11(18)13(14,15)16/h3-5,11,18H,6-7H2,1-2H3,(H,17,19). The maximum atomic E-state index is 12.0. The molecule has 1 rings (SSSR count). The molecule has 1 aromatic rings. The van der Waals surface area contributed by atoms with Crippen LogP contribution in [0.15, 0.2) is 18.2 Å². The molecule has 1 unspecified atom stereocenters. The highest BCUT2D eigenvalue weighted by molar-refractivity contribution is 5.78. The van der Waals surface area contributed by atoms with Crippen molar-refractivity contribution in [3.05, 3.63) is 34.9 Å². The number of aryl methyl sites for hydroxylation is 2. The van der Waals surface area contributed by atoms with Gasteiger partial charge in [-0.2, -0.15) is 13.2 Å². The SMILES string of the molecule is Cc1ccc(CC(=O)NCC(O)C(F)(F)F)cc1C. The fourth-order valence-electron chi connectivity index (χ4n) is 1.49. The first-order chi connectivity index (χ1) is 8.70. The first kappa shape index (κ1) is 15.5. The lowest BCUT2D eigenvalue weighted by Gasteiger charge is -2.15. The Hall–Kier alpha value is -1.56. The lowest BCUT2D eigenvalue weighted by Crippen LogP contribution is -2.41. The summed E-state index contributed by atoms with van der Waals surface area (Å²) in [6, 6.07) is 5.42. The van der Waals surface area contributed by atoms with Crippen LogP contribution in [-0.2, 0) is 11.2 Å². The Morgan fingerprint density at radius 2 is 1.95 bits per heavy atom. The van der Waals surface area contributed by atoms with E-state index in [2.05, 4.69) is 5.32 Å². The maximum Gasteiger partial charge on any atom is 0.416 e. The molecule has 0 aromatic heterocycles. The number of carbonyl (C=O) groups excluding carboxylic acids is 1. The Kier molecular flexibility index (Phi) is 4.94. The van der Waals surface area contributed by atoms with Crippen molar-refractivity contribution in [2.75, 3.05) is 6.54 Å². The summed E-state index contributed by atoms with van der Waals surface area (Å²) in [5, 5.41) is 10.8. The van der Waals surface area contributed by atoms with Crippen molar-refractivity contribution in [3.63, 3.8) is 0 Å². The van der Waals surface area contributed by atoms with Crippen LogP contribution in [-0.4, -0.2) is 29.8 Å². The number of amides is 1. The van der Waals surface area contributed by atoms with E-state index in [4.69, 9.17) is 5.11 Å². The number of hydrogen-bond acceptors (Lipinski definition) is 2. The van der Waals surface area contributed by atoms with E-state index in [9.17, 15) is 18.0 Å².